The molecule has 1 aromatic carbocycles. The minimum atomic E-state index is -0.388. The van der Waals surface area contributed by atoms with Crippen LogP contribution in [0.2, 0.25) is 0 Å². The van der Waals surface area contributed by atoms with Crippen molar-refractivity contribution in [1.29, 1.82) is 0 Å². The van der Waals surface area contributed by atoms with Crippen LogP contribution in [-0.2, 0) is 4.79 Å². The largest absolute Gasteiger partial charge is 0.497 e. The van der Waals surface area contributed by atoms with Gasteiger partial charge in [0.1, 0.15) is 17.6 Å². The molecule has 1 unspecified atom stereocenters. The van der Waals surface area contributed by atoms with E-state index >= 15 is 0 Å². The molecule has 5 heteroatoms. The summed E-state index contributed by atoms with van der Waals surface area (Å²) in [6.45, 7) is 0.627. The summed E-state index contributed by atoms with van der Waals surface area (Å²) in [6.07, 6.45) is 0.662. The fourth-order valence-electron chi connectivity index (χ4n) is 1.66. The van der Waals surface area contributed by atoms with Gasteiger partial charge in [-0.1, -0.05) is 0 Å². The lowest BCUT2D eigenvalue weighted by molar-refractivity contribution is -0.119. The van der Waals surface area contributed by atoms with Gasteiger partial charge >= 0.3 is 0 Å². The molecule has 0 aromatic heterocycles. The van der Waals surface area contributed by atoms with Crippen molar-refractivity contribution in [2.75, 3.05) is 19.0 Å². The summed E-state index contributed by atoms with van der Waals surface area (Å²) >= 11 is 0. The Balaban J connectivity index is 2.16. The zero-order valence-electron chi connectivity index (χ0n) is 8.92. The Morgan fingerprint density at radius 2 is 2.38 bits per heavy atom. The van der Waals surface area contributed by atoms with Gasteiger partial charge in [0, 0.05) is 12.6 Å². The molecule has 2 rings (SSSR count). The van der Waals surface area contributed by atoms with Crippen LogP contribution in [0.5, 0.6) is 5.75 Å². The number of amides is 1. The molecule has 86 valence electrons. The number of benzene rings is 1. The molecule has 0 saturated carbocycles. The molecule has 0 radical (unpaired) electrons. The molecule has 0 bridgehead atoms. The predicted molar refractivity (Wildman–Crippen MR) is 58.0 cm³/mol. The maximum Gasteiger partial charge on any atom is 0.242 e. The lowest BCUT2D eigenvalue weighted by Crippen LogP contribution is -2.29. The van der Waals surface area contributed by atoms with Crippen molar-refractivity contribution in [3.8, 4) is 5.75 Å². The molecule has 16 heavy (non-hydrogen) atoms. The van der Waals surface area contributed by atoms with Crippen LogP contribution in [0.25, 0.3) is 0 Å². The van der Waals surface area contributed by atoms with Gasteiger partial charge in [-0.2, -0.15) is 0 Å². The number of anilines is 1. The predicted octanol–water partition coefficient (Wildman–Crippen LogP) is 1.13. The van der Waals surface area contributed by atoms with E-state index in [-0.39, 0.29) is 17.8 Å². The van der Waals surface area contributed by atoms with E-state index in [1.807, 2.05) is 0 Å². The Bertz CT molecular complexity index is 409. The summed E-state index contributed by atoms with van der Waals surface area (Å²) < 4.78 is 18.4. The Hall–Kier alpha value is -1.78. The summed E-state index contributed by atoms with van der Waals surface area (Å²) in [6, 6.07) is 4.03. The second-order valence-corrected chi connectivity index (χ2v) is 3.62. The first kappa shape index (κ1) is 10.7. The van der Waals surface area contributed by atoms with E-state index in [1.54, 1.807) is 6.07 Å². The van der Waals surface area contributed by atoms with Crippen LogP contribution in [0.3, 0.4) is 0 Å². The summed E-state index contributed by atoms with van der Waals surface area (Å²) in [5, 5.41) is 5.55. The SMILES string of the molecule is COc1ccc(F)c(NC2CCNC2=O)c1. The molecule has 1 atom stereocenters. The van der Waals surface area contributed by atoms with Gasteiger partial charge in [0.25, 0.3) is 0 Å². The van der Waals surface area contributed by atoms with Gasteiger partial charge < -0.3 is 15.4 Å². The van der Waals surface area contributed by atoms with Gasteiger partial charge in [0.15, 0.2) is 0 Å². The van der Waals surface area contributed by atoms with Crippen molar-refractivity contribution >= 4 is 11.6 Å². The molecular weight excluding hydrogens is 211 g/mol. The molecule has 1 heterocycles. The molecule has 4 nitrogen and oxygen atoms in total. The molecule has 1 aromatic rings. The average Bonchev–Trinajstić information content (AvgIpc) is 2.68. The van der Waals surface area contributed by atoms with Crippen molar-refractivity contribution < 1.29 is 13.9 Å². The number of ether oxygens (including phenoxy) is 1. The van der Waals surface area contributed by atoms with Crippen LogP contribution in [0.4, 0.5) is 10.1 Å². The van der Waals surface area contributed by atoms with E-state index in [1.165, 1.54) is 19.2 Å². The highest BCUT2D eigenvalue weighted by molar-refractivity contribution is 5.86. The lowest BCUT2D eigenvalue weighted by Gasteiger charge is -2.13. The quantitative estimate of drug-likeness (QED) is 0.809. The number of hydrogen-bond acceptors (Lipinski definition) is 3. The first-order chi connectivity index (χ1) is 7.70. The Morgan fingerprint density at radius 3 is 3.00 bits per heavy atom. The Morgan fingerprint density at radius 1 is 1.56 bits per heavy atom. The van der Waals surface area contributed by atoms with Gasteiger partial charge in [-0.3, -0.25) is 4.79 Å². The van der Waals surface area contributed by atoms with Gasteiger partial charge in [-0.25, -0.2) is 4.39 Å². The molecule has 2 N–H and O–H groups in total. The molecule has 1 fully saturated rings. The Labute approximate surface area is 92.8 Å². The second kappa shape index (κ2) is 4.38. The first-order valence-corrected chi connectivity index (χ1v) is 5.08. The normalized spacial score (nSPS) is 19.4. The molecule has 1 aliphatic heterocycles. The fourth-order valence-corrected chi connectivity index (χ4v) is 1.66. The zero-order chi connectivity index (χ0) is 11.5. The van der Waals surface area contributed by atoms with E-state index in [0.717, 1.165) is 0 Å². The highest BCUT2D eigenvalue weighted by Gasteiger charge is 2.24. The van der Waals surface area contributed by atoms with Gasteiger partial charge in [-0.05, 0) is 18.6 Å². The van der Waals surface area contributed by atoms with Crippen molar-refractivity contribution in [1.82, 2.24) is 5.32 Å². The number of halogens is 1. The van der Waals surface area contributed by atoms with Crippen LogP contribution in [0.1, 0.15) is 6.42 Å². The third kappa shape index (κ3) is 2.08. The van der Waals surface area contributed by atoms with Crippen molar-refractivity contribution in [2.45, 2.75) is 12.5 Å². The summed E-state index contributed by atoms with van der Waals surface area (Å²) in [5.74, 6) is 0.0741. The Kier molecular flexibility index (Phi) is 2.94. The minimum Gasteiger partial charge on any atom is -0.497 e. The van der Waals surface area contributed by atoms with E-state index in [4.69, 9.17) is 4.74 Å². The number of carbonyl (C=O) groups is 1. The van der Waals surface area contributed by atoms with E-state index < -0.39 is 0 Å². The maximum absolute atomic E-state index is 13.4. The van der Waals surface area contributed by atoms with Gasteiger partial charge in [-0.15, -0.1) is 0 Å². The smallest absolute Gasteiger partial charge is 0.242 e. The summed E-state index contributed by atoms with van der Waals surface area (Å²) in [4.78, 5) is 11.3. The number of nitrogens with one attached hydrogen (secondary N) is 2. The maximum atomic E-state index is 13.4. The third-order valence-corrected chi connectivity index (χ3v) is 2.55. The highest BCUT2D eigenvalue weighted by atomic mass is 19.1. The number of methoxy groups -OCH3 is 1. The molecule has 0 aliphatic carbocycles. The van der Waals surface area contributed by atoms with Crippen LogP contribution < -0.4 is 15.4 Å². The van der Waals surface area contributed by atoms with Gasteiger partial charge in [0.05, 0.1) is 12.8 Å². The monoisotopic (exact) mass is 224 g/mol. The van der Waals surface area contributed by atoms with Crippen molar-refractivity contribution in [2.24, 2.45) is 0 Å². The lowest BCUT2D eigenvalue weighted by atomic mass is 10.2. The molecule has 1 amide bonds. The highest BCUT2D eigenvalue weighted by Crippen LogP contribution is 2.22. The van der Waals surface area contributed by atoms with Crippen LogP contribution in [0, 0.1) is 5.82 Å². The van der Waals surface area contributed by atoms with Crippen LogP contribution in [0.15, 0.2) is 18.2 Å². The molecule has 1 saturated heterocycles. The van der Waals surface area contributed by atoms with Crippen LogP contribution >= 0.6 is 0 Å². The first-order valence-electron chi connectivity index (χ1n) is 5.08. The minimum absolute atomic E-state index is 0.0952. The van der Waals surface area contributed by atoms with E-state index in [9.17, 15) is 9.18 Å². The standard InChI is InChI=1S/C11H13FN2O2/c1-16-7-2-3-8(12)10(6-7)14-9-4-5-13-11(9)15/h2-3,6,9,14H,4-5H2,1H3,(H,13,15). The van der Waals surface area contributed by atoms with Crippen LogP contribution in [-0.4, -0.2) is 25.6 Å². The zero-order valence-corrected chi connectivity index (χ0v) is 8.92. The summed E-state index contributed by atoms with van der Waals surface area (Å²) in [5.41, 5.74) is 0.293. The van der Waals surface area contributed by atoms with Crippen molar-refractivity contribution in [3.05, 3.63) is 24.0 Å². The second-order valence-electron chi connectivity index (χ2n) is 3.62. The number of carbonyl (C=O) groups excluding carboxylic acids is 1. The van der Waals surface area contributed by atoms with E-state index in [0.29, 0.717) is 24.4 Å². The van der Waals surface area contributed by atoms with E-state index in [2.05, 4.69) is 10.6 Å². The molecule has 1 aliphatic rings. The third-order valence-electron chi connectivity index (χ3n) is 2.55. The average molecular weight is 224 g/mol. The topological polar surface area (TPSA) is 50.4 Å². The summed E-state index contributed by atoms with van der Waals surface area (Å²) in [7, 11) is 1.51. The molecule has 0 spiro atoms. The molecular formula is C11H13FN2O2. The van der Waals surface area contributed by atoms with Gasteiger partial charge in [0.2, 0.25) is 5.91 Å². The number of hydrogen-bond donors (Lipinski definition) is 2. The van der Waals surface area contributed by atoms with Crippen molar-refractivity contribution in [3.63, 3.8) is 0 Å². The number of rotatable bonds is 3. The fraction of sp³-hybridized carbons (Fsp3) is 0.364.